The number of benzene rings is 1. The first-order chi connectivity index (χ1) is 13.1. The molecule has 0 aliphatic heterocycles. The van der Waals surface area contributed by atoms with E-state index in [-0.39, 0.29) is 13.2 Å². The molecule has 2 rings (SSSR count). The Labute approximate surface area is 163 Å². The standard InChI is InChI=1S/C23H32N2O2/c1-4-15-27-19-23(26)18-24(14-12-20(2)3)17-22-11-8-13-25(22)16-21-9-6-5-7-10-21/h1,5-11,13,20,23,26H,12,14-19H2,2-3H3. The molecule has 4 nitrogen and oxygen atoms in total. The van der Waals surface area contributed by atoms with Gasteiger partial charge in [0.2, 0.25) is 0 Å². The van der Waals surface area contributed by atoms with Crippen LogP contribution < -0.4 is 0 Å². The Morgan fingerprint density at radius 3 is 2.67 bits per heavy atom. The number of nitrogens with zero attached hydrogens (tertiary/aromatic N) is 2. The molecular weight excluding hydrogens is 336 g/mol. The summed E-state index contributed by atoms with van der Waals surface area (Å²) in [5.74, 6) is 3.06. The molecule has 1 aromatic heterocycles. The van der Waals surface area contributed by atoms with Crippen molar-refractivity contribution in [3.05, 3.63) is 59.9 Å². The lowest BCUT2D eigenvalue weighted by Gasteiger charge is -2.26. The van der Waals surface area contributed by atoms with Gasteiger partial charge in [-0.2, -0.15) is 0 Å². The highest BCUT2D eigenvalue weighted by Crippen LogP contribution is 2.13. The van der Waals surface area contributed by atoms with Crippen LogP contribution in [-0.4, -0.2) is 47.0 Å². The highest BCUT2D eigenvalue weighted by molar-refractivity contribution is 5.17. The quantitative estimate of drug-likeness (QED) is 0.461. The van der Waals surface area contributed by atoms with Crippen LogP contribution in [-0.2, 0) is 17.8 Å². The second kappa shape index (κ2) is 11.6. The number of aliphatic hydroxyl groups is 1. The number of rotatable bonds is 12. The molecule has 1 N–H and O–H groups in total. The van der Waals surface area contributed by atoms with Crippen LogP contribution in [0.2, 0.25) is 0 Å². The third kappa shape index (κ3) is 8.01. The average molecular weight is 369 g/mol. The smallest absolute Gasteiger partial charge is 0.107 e. The molecule has 0 aliphatic carbocycles. The van der Waals surface area contributed by atoms with Gasteiger partial charge >= 0.3 is 0 Å². The predicted octanol–water partition coefficient (Wildman–Crippen LogP) is 3.40. The fourth-order valence-corrected chi connectivity index (χ4v) is 3.04. The summed E-state index contributed by atoms with van der Waals surface area (Å²) < 4.78 is 7.57. The first kappa shape index (κ1) is 21.2. The topological polar surface area (TPSA) is 37.6 Å². The predicted molar refractivity (Wildman–Crippen MR) is 110 cm³/mol. The lowest BCUT2D eigenvalue weighted by Crippen LogP contribution is -2.36. The Morgan fingerprint density at radius 2 is 1.96 bits per heavy atom. The fraction of sp³-hybridized carbons (Fsp3) is 0.478. The second-order valence-electron chi connectivity index (χ2n) is 7.40. The summed E-state index contributed by atoms with van der Waals surface area (Å²) in [5.41, 5.74) is 2.53. The molecule has 0 saturated heterocycles. The van der Waals surface area contributed by atoms with Gasteiger partial charge in [-0.3, -0.25) is 4.90 Å². The van der Waals surface area contributed by atoms with Crippen LogP contribution in [0.1, 0.15) is 31.5 Å². The number of aromatic nitrogens is 1. The van der Waals surface area contributed by atoms with Gasteiger partial charge in [-0.1, -0.05) is 50.1 Å². The van der Waals surface area contributed by atoms with Gasteiger partial charge in [0, 0.05) is 31.5 Å². The molecule has 0 bridgehead atoms. The number of aliphatic hydroxyl groups excluding tert-OH is 1. The van der Waals surface area contributed by atoms with Crippen molar-refractivity contribution in [2.24, 2.45) is 5.92 Å². The molecular formula is C23H32N2O2. The van der Waals surface area contributed by atoms with E-state index in [1.54, 1.807) is 0 Å². The van der Waals surface area contributed by atoms with E-state index in [9.17, 15) is 5.11 Å². The van der Waals surface area contributed by atoms with Gasteiger partial charge < -0.3 is 14.4 Å². The van der Waals surface area contributed by atoms with Crippen LogP contribution in [0.25, 0.3) is 0 Å². The molecule has 1 heterocycles. The van der Waals surface area contributed by atoms with E-state index in [1.165, 1.54) is 11.3 Å². The summed E-state index contributed by atoms with van der Waals surface area (Å²) in [6.45, 7) is 8.14. The first-order valence-corrected chi connectivity index (χ1v) is 9.68. The molecule has 4 heteroatoms. The minimum Gasteiger partial charge on any atom is -0.389 e. The number of hydrogen-bond acceptors (Lipinski definition) is 3. The Bertz CT molecular complexity index is 688. The van der Waals surface area contributed by atoms with Gasteiger partial charge in [-0.25, -0.2) is 0 Å². The molecule has 27 heavy (non-hydrogen) atoms. The van der Waals surface area contributed by atoms with E-state index in [4.69, 9.17) is 11.2 Å². The molecule has 1 unspecified atom stereocenters. The third-order valence-electron chi connectivity index (χ3n) is 4.49. The summed E-state index contributed by atoms with van der Waals surface area (Å²) in [4.78, 5) is 2.31. The van der Waals surface area contributed by atoms with Crippen LogP contribution in [0.15, 0.2) is 48.7 Å². The first-order valence-electron chi connectivity index (χ1n) is 9.68. The van der Waals surface area contributed by atoms with Crippen molar-refractivity contribution in [2.75, 3.05) is 26.3 Å². The summed E-state index contributed by atoms with van der Waals surface area (Å²) >= 11 is 0. The highest BCUT2D eigenvalue weighted by Gasteiger charge is 2.15. The number of hydrogen-bond donors (Lipinski definition) is 1. The van der Waals surface area contributed by atoms with Crippen LogP contribution in [0.3, 0.4) is 0 Å². The molecule has 1 atom stereocenters. The summed E-state index contributed by atoms with van der Waals surface area (Å²) in [6.07, 6.45) is 7.87. The zero-order valence-electron chi connectivity index (χ0n) is 16.6. The van der Waals surface area contributed by atoms with Gasteiger partial charge in [-0.05, 0) is 36.6 Å². The maximum atomic E-state index is 10.3. The molecule has 1 aromatic carbocycles. The SMILES string of the molecule is C#CCOCC(O)CN(CCC(C)C)Cc1cccn1Cc1ccccc1. The maximum Gasteiger partial charge on any atom is 0.107 e. The normalized spacial score (nSPS) is 12.4. The lowest BCUT2D eigenvalue weighted by atomic mass is 10.1. The molecule has 0 radical (unpaired) electrons. The van der Waals surface area contributed by atoms with E-state index < -0.39 is 6.10 Å². The molecule has 146 valence electrons. The molecule has 0 aliphatic rings. The number of terminal acetylenes is 1. The Balaban J connectivity index is 1.99. The van der Waals surface area contributed by atoms with Gasteiger partial charge in [0.25, 0.3) is 0 Å². The van der Waals surface area contributed by atoms with Crippen molar-refractivity contribution in [3.8, 4) is 12.3 Å². The van der Waals surface area contributed by atoms with Crippen molar-refractivity contribution in [2.45, 2.75) is 39.5 Å². The molecule has 0 amide bonds. The minimum atomic E-state index is -0.539. The second-order valence-corrected chi connectivity index (χ2v) is 7.40. The average Bonchev–Trinajstić information content (AvgIpc) is 3.07. The van der Waals surface area contributed by atoms with Crippen LogP contribution in [0, 0.1) is 18.3 Å². The summed E-state index contributed by atoms with van der Waals surface area (Å²) in [5, 5.41) is 10.3. The minimum absolute atomic E-state index is 0.239. The van der Waals surface area contributed by atoms with E-state index >= 15 is 0 Å². The van der Waals surface area contributed by atoms with E-state index in [0.29, 0.717) is 12.5 Å². The van der Waals surface area contributed by atoms with Crippen molar-refractivity contribution in [1.29, 1.82) is 0 Å². The Hall–Kier alpha value is -2.06. The highest BCUT2D eigenvalue weighted by atomic mass is 16.5. The molecule has 0 saturated carbocycles. The van der Waals surface area contributed by atoms with Crippen LogP contribution in [0.4, 0.5) is 0 Å². The van der Waals surface area contributed by atoms with Gasteiger partial charge in [0.1, 0.15) is 6.61 Å². The van der Waals surface area contributed by atoms with E-state index in [2.05, 4.69) is 71.8 Å². The Kier molecular flexibility index (Phi) is 9.13. The van der Waals surface area contributed by atoms with Crippen molar-refractivity contribution >= 4 is 0 Å². The van der Waals surface area contributed by atoms with E-state index in [1.807, 2.05) is 6.07 Å². The third-order valence-corrected chi connectivity index (χ3v) is 4.49. The monoisotopic (exact) mass is 368 g/mol. The Morgan fingerprint density at radius 1 is 1.19 bits per heavy atom. The van der Waals surface area contributed by atoms with Crippen molar-refractivity contribution in [1.82, 2.24) is 9.47 Å². The van der Waals surface area contributed by atoms with Gasteiger partial charge in [-0.15, -0.1) is 6.42 Å². The van der Waals surface area contributed by atoms with E-state index in [0.717, 1.165) is 26.1 Å². The summed E-state index contributed by atoms with van der Waals surface area (Å²) in [7, 11) is 0. The molecule has 2 aromatic rings. The van der Waals surface area contributed by atoms with Gasteiger partial charge in [0.15, 0.2) is 0 Å². The number of ether oxygens (including phenoxy) is 1. The van der Waals surface area contributed by atoms with Crippen molar-refractivity contribution in [3.63, 3.8) is 0 Å². The van der Waals surface area contributed by atoms with Crippen LogP contribution >= 0.6 is 0 Å². The fourth-order valence-electron chi connectivity index (χ4n) is 3.04. The molecule has 0 spiro atoms. The molecule has 0 fully saturated rings. The largest absolute Gasteiger partial charge is 0.389 e. The van der Waals surface area contributed by atoms with Crippen LogP contribution in [0.5, 0.6) is 0 Å². The zero-order chi connectivity index (χ0) is 19.5. The summed E-state index contributed by atoms with van der Waals surface area (Å²) in [6, 6.07) is 14.7. The lowest BCUT2D eigenvalue weighted by molar-refractivity contribution is 0.0248. The van der Waals surface area contributed by atoms with Crippen molar-refractivity contribution < 1.29 is 9.84 Å². The zero-order valence-corrected chi connectivity index (χ0v) is 16.6. The maximum absolute atomic E-state index is 10.3. The van der Waals surface area contributed by atoms with Gasteiger partial charge in [0.05, 0.1) is 12.7 Å².